The van der Waals surface area contributed by atoms with Gasteiger partial charge in [0.2, 0.25) is 5.91 Å². The lowest BCUT2D eigenvalue weighted by Crippen LogP contribution is -2.32. The van der Waals surface area contributed by atoms with Gasteiger partial charge in [0.1, 0.15) is 21.9 Å². The van der Waals surface area contributed by atoms with Crippen LogP contribution < -0.4 is 10.1 Å². The van der Waals surface area contributed by atoms with Crippen LogP contribution in [0.2, 0.25) is 0 Å². The number of thioether (sulfide) groups is 1. The Balaban J connectivity index is 1.37. The first-order valence-electron chi connectivity index (χ1n) is 10.2. The zero-order valence-corrected chi connectivity index (χ0v) is 19.6. The summed E-state index contributed by atoms with van der Waals surface area (Å²) in [5, 5.41) is 4.70. The highest BCUT2D eigenvalue weighted by Gasteiger charge is 2.28. The molecule has 1 aromatic carbocycles. The van der Waals surface area contributed by atoms with Crippen LogP contribution in [-0.4, -0.2) is 39.3 Å². The number of rotatable bonds is 5. The standard InChI is InChI=1S/C23H22N4O3S2/c1-23(2)9-17-13(10-30-23)8-16-19-20(32-21(16)27-17)22(25-12-24-19)31-11-18(28)26-14-4-6-15(29-3)7-5-14/h4-8,12H,9-11H2,1-3H3,(H,26,28). The van der Waals surface area contributed by atoms with Gasteiger partial charge in [0.15, 0.2) is 0 Å². The number of pyridine rings is 1. The minimum Gasteiger partial charge on any atom is -0.497 e. The van der Waals surface area contributed by atoms with Crippen LogP contribution in [-0.2, 0) is 22.6 Å². The Morgan fingerprint density at radius 2 is 2.09 bits per heavy atom. The zero-order valence-electron chi connectivity index (χ0n) is 18.0. The number of nitrogens with zero attached hydrogens (tertiary/aromatic N) is 3. The largest absolute Gasteiger partial charge is 0.497 e. The van der Waals surface area contributed by atoms with Gasteiger partial charge in [-0.2, -0.15) is 0 Å². The molecule has 0 saturated carbocycles. The second-order valence-electron chi connectivity index (χ2n) is 8.20. The Kier molecular flexibility index (Phi) is 5.48. The van der Waals surface area contributed by atoms with Crippen molar-refractivity contribution in [2.24, 2.45) is 0 Å². The number of carbonyl (C=O) groups excluding carboxylic acids is 1. The molecule has 0 bridgehead atoms. The molecule has 32 heavy (non-hydrogen) atoms. The number of amides is 1. The summed E-state index contributed by atoms with van der Waals surface area (Å²) in [6.45, 7) is 4.73. The first-order chi connectivity index (χ1) is 15.4. The SMILES string of the molecule is COc1ccc(NC(=O)CSc2ncnc3c2sc2nc4c(cc23)COC(C)(C)C4)cc1. The Bertz CT molecular complexity index is 1320. The Morgan fingerprint density at radius 3 is 2.88 bits per heavy atom. The molecule has 0 fully saturated rings. The van der Waals surface area contributed by atoms with Crippen molar-refractivity contribution in [2.45, 2.75) is 37.5 Å². The fourth-order valence-corrected chi connectivity index (χ4v) is 5.68. The van der Waals surface area contributed by atoms with Crippen LogP contribution in [0.3, 0.4) is 0 Å². The molecule has 1 amide bonds. The number of methoxy groups -OCH3 is 1. The number of aromatic nitrogens is 3. The van der Waals surface area contributed by atoms with E-state index in [-0.39, 0.29) is 17.3 Å². The van der Waals surface area contributed by atoms with Gasteiger partial charge in [-0.25, -0.2) is 15.0 Å². The molecule has 1 aliphatic rings. The summed E-state index contributed by atoms with van der Waals surface area (Å²) < 4.78 is 12.1. The van der Waals surface area contributed by atoms with Gasteiger partial charge < -0.3 is 14.8 Å². The van der Waals surface area contributed by atoms with Crippen molar-refractivity contribution >= 4 is 55.1 Å². The second-order valence-corrected chi connectivity index (χ2v) is 10.2. The number of benzene rings is 1. The topological polar surface area (TPSA) is 86.2 Å². The van der Waals surface area contributed by atoms with Crippen LogP contribution in [0.15, 0.2) is 41.7 Å². The van der Waals surface area contributed by atoms with Crippen molar-refractivity contribution in [3.8, 4) is 5.75 Å². The van der Waals surface area contributed by atoms with Crippen molar-refractivity contribution < 1.29 is 14.3 Å². The van der Waals surface area contributed by atoms with Crippen LogP contribution in [0.4, 0.5) is 5.69 Å². The third-order valence-electron chi connectivity index (χ3n) is 5.31. The zero-order chi connectivity index (χ0) is 22.3. The second kappa shape index (κ2) is 8.31. The van der Waals surface area contributed by atoms with Gasteiger partial charge in [0.25, 0.3) is 0 Å². The highest BCUT2D eigenvalue weighted by molar-refractivity contribution is 8.00. The summed E-state index contributed by atoms with van der Waals surface area (Å²) in [4.78, 5) is 27.3. The summed E-state index contributed by atoms with van der Waals surface area (Å²) in [6, 6.07) is 9.40. The number of hydrogen-bond donors (Lipinski definition) is 1. The number of hydrogen-bond acceptors (Lipinski definition) is 8. The lowest BCUT2D eigenvalue weighted by Gasteiger charge is -2.30. The first-order valence-corrected chi connectivity index (χ1v) is 12.0. The van der Waals surface area contributed by atoms with E-state index in [4.69, 9.17) is 14.5 Å². The van der Waals surface area contributed by atoms with E-state index in [0.29, 0.717) is 6.61 Å². The minimum atomic E-state index is -0.206. The van der Waals surface area contributed by atoms with E-state index in [1.807, 2.05) is 24.3 Å². The number of carbonyl (C=O) groups is 1. The van der Waals surface area contributed by atoms with E-state index >= 15 is 0 Å². The lowest BCUT2D eigenvalue weighted by atomic mass is 9.95. The number of thiophene rings is 1. The molecule has 1 aliphatic heterocycles. The highest BCUT2D eigenvalue weighted by atomic mass is 32.2. The summed E-state index contributed by atoms with van der Waals surface area (Å²) in [5.41, 5.74) is 3.59. The molecule has 5 rings (SSSR count). The van der Waals surface area contributed by atoms with E-state index in [2.05, 4.69) is 35.2 Å². The van der Waals surface area contributed by atoms with Gasteiger partial charge in [-0.15, -0.1) is 11.3 Å². The fraction of sp³-hybridized carbons (Fsp3) is 0.304. The van der Waals surface area contributed by atoms with E-state index in [0.717, 1.165) is 54.6 Å². The van der Waals surface area contributed by atoms with E-state index in [9.17, 15) is 4.79 Å². The quantitative estimate of drug-likeness (QED) is 0.333. The molecule has 7 nitrogen and oxygen atoms in total. The van der Waals surface area contributed by atoms with Crippen LogP contribution in [0.1, 0.15) is 25.1 Å². The van der Waals surface area contributed by atoms with Gasteiger partial charge >= 0.3 is 0 Å². The number of ether oxygens (including phenoxy) is 2. The van der Waals surface area contributed by atoms with Crippen LogP contribution in [0.25, 0.3) is 20.4 Å². The van der Waals surface area contributed by atoms with Crippen molar-refractivity contribution in [2.75, 3.05) is 18.2 Å². The van der Waals surface area contributed by atoms with Crippen LogP contribution in [0, 0.1) is 0 Å². The van der Waals surface area contributed by atoms with Crippen molar-refractivity contribution in [1.29, 1.82) is 0 Å². The maximum absolute atomic E-state index is 12.5. The third-order valence-corrected chi connectivity index (χ3v) is 7.52. The van der Waals surface area contributed by atoms with E-state index in [1.165, 1.54) is 11.8 Å². The molecule has 0 spiro atoms. The molecule has 1 N–H and O–H groups in total. The fourth-order valence-electron chi connectivity index (χ4n) is 3.67. The molecule has 164 valence electrons. The van der Waals surface area contributed by atoms with Gasteiger partial charge in [-0.1, -0.05) is 11.8 Å². The summed E-state index contributed by atoms with van der Waals surface area (Å²) in [7, 11) is 1.61. The minimum absolute atomic E-state index is 0.0963. The molecule has 0 radical (unpaired) electrons. The molecule has 0 saturated heterocycles. The van der Waals surface area contributed by atoms with E-state index < -0.39 is 0 Å². The lowest BCUT2D eigenvalue weighted by molar-refractivity contribution is -0.113. The van der Waals surface area contributed by atoms with Gasteiger partial charge in [-0.3, -0.25) is 4.79 Å². The molecule has 0 unspecified atom stereocenters. The predicted octanol–water partition coefficient (Wildman–Crippen LogP) is 4.83. The first kappa shape index (κ1) is 21.1. The predicted molar refractivity (Wildman–Crippen MR) is 128 cm³/mol. The van der Waals surface area contributed by atoms with Gasteiger partial charge in [0.05, 0.1) is 41.0 Å². The molecule has 9 heteroatoms. The van der Waals surface area contributed by atoms with Crippen molar-refractivity contribution in [3.63, 3.8) is 0 Å². The molecular weight excluding hydrogens is 444 g/mol. The molecule has 0 aliphatic carbocycles. The Labute approximate surface area is 193 Å². The maximum atomic E-state index is 12.5. The monoisotopic (exact) mass is 466 g/mol. The normalized spacial score (nSPS) is 15.0. The molecule has 3 aromatic heterocycles. The highest BCUT2D eigenvalue weighted by Crippen LogP contribution is 2.38. The average Bonchev–Trinajstić information content (AvgIpc) is 3.14. The van der Waals surface area contributed by atoms with Crippen molar-refractivity contribution in [3.05, 3.63) is 47.9 Å². The smallest absolute Gasteiger partial charge is 0.234 e. The Morgan fingerprint density at radius 1 is 1.28 bits per heavy atom. The molecule has 0 atom stereocenters. The van der Waals surface area contributed by atoms with Gasteiger partial charge in [0, 0.05) is 23.1 Å². The molecular formula is C23H22N4O3S2. The third kappa shape index (κ3) is 4.15. The molecule has 4 aromatic rings. The van der Waals surface area contributed by atoms with Crippen LogP contribution >= 0.6 is 23.1 Å². The maximum Gasteiger partial charge on any atom is 0.234 e. The van der Waals surface area contributed by atoms with Crippen LogP contribution in [0.5, 0.6) is 5.75 Å². The summed E-state index contributed by atoms with van der Waals surface area (Å²) in [6.07, 6.45) is 2.34. The summed E-state index contributed by atoms with van der Waals surface area (Å²) in [5.74, 6) is 0.898. The summed E-state index contributed by atoms with van der Waals surface area (Å²) >= 11 is 2.98. The van der Waals surface area contributed by atoms with Crippen molar-refractivity contribution in [1.82, 2.24) is 15.0 Å². The number of nitrogens with one attached hydrogen (secondary N) is 1. The van der Waals surface area contributed by atoms with E-state index in [1.54, 1.807) is 24.8 Å². The van der Waals surface area contributed by atoms with Gasteiger partial charge in [-0.05, 0) is 44.2 Å². The average molecular weight is 467 g/mol. The number of anilines is 1. The molecule has 4 heterocycles. The number of fused-ring (bicyclic) bond motifs is 4. The Hall–Kier alpha value is -2.75.